The summed E-state index contributed by atoms with van der Waals surface area (Å²) in [6.45, 7) is 2.28. The lowest BCUT2D eigenvalue weighted by Crippen LogP contribution is -2.33. The van der Waals surface area contributed by atoms with Gasteiger partial charge in [0.2, 0.25) is 0 Å². The van der Waals surface area contributed by atoms with Gasteiger partial charge in [-0.3, -0.25) is 14.7 Å². The topological polar surface area (TPSA) is 76.3 Å². The number of para-hydroxylation sites is 1. The maximum Gasteiger partial charge on any atom is 0.349 e. The van der Waals surface area contributed by atoms with E-state index in [2.05, 4.69) is 23.0 Å². The van der Waals surface area contributed by atoms with E-state index in [4.69, 9.17) is 4.42 Å². The third-order valence-electron chi connectivity index (χ3n) is 5.24. The molecule has 6 nitrogen and oxygen atoms in total. The van der Waals surface area contributed by atoms with Gasteiger partial charge in [0.05, 0.1) is 22.5 Å². The third-order valence-corrected chi connectivity index (χ3v) is 6.29. The van der Waals surface area contributed by atoms with Gasteiger partial charge in [-0.05, 0) is 48.4 Å². The number of carbonyl (C=O) groups is 1. The molecule has 0 aliphatic carbocycles. The van der Waals surface area contributed by atoms with Gasteiger partial charge in [0.25, 0.3) is 5.91 Å². The van der Waals surface area contributed by atoms with Crippen LogP contribution in [-0.4, -0.2) is 15.9 Å². The van der Waals surface area contributed by atoms with Crippen molar-refractivity contribution in [3.63, 3.8) is 0 Å². The van der Waals surface area contributed by atoms with Crippen molar-refractivity contribution in [3.8, 4) is 0 Å². The number of anilines is 1. The standard InChI is InChI=1S/C25H19N3O3S/c1-2-16-10-11-20-22(13-16)32-25(27-20)28(15-18-8-5-6-12-26-18)23(29)19-14-17-7-3-4-9-21(17)31-24(19)30/h3-14H,2,15H2,1H3. The number of carbonyl (C=O) groups excluding carboxylic acids is 1. The van der Waals surface area contributed by atoms with Crippen LogP contribution in [0.25, 0.3) is 21.2 Å². The first-order valence-electron chi connectivity index (χ1n) is 10.3. The van der Waals surface area contributed by atoms with Crippen LogP contribution in [0.15, 0.2) is 82.1 Å². The van der Waals surface area contributed by atoms with E-state index in [-0.39, 0.29) is 12.1 Å². The molecular weight excluding hydrogens is 422 g/mol. The van der Waals surface area contributed by atoms with Gasteiger partial charge in [0.1, 0.15) is 11.1 Å². The summed E-state index contributed by atoms with van der Waals surface area (Å²) in [6.07, 6.45) is 2.59. The number of rotatable bonds is 5. The van der Waals surface area contributed by atoms with E-state index in [0.717, 1.165) is 16.6 Å². The number of pyridine rings is 1. The van der Waals surface area contributed by atoms with Crippen molar-refractivity contribution in [2.24, 2.45) is 0 Å². The van der Waals surface area contributed by atoms with E-state index < -0.39 is 11.5 Å². The second kappa shape index (κ2) is 8.36. The molecule has 3 aromatic heterocycles. The van der Waals surface area contributed by atoms with Crippen molar-refractivity contribution in [3.05, 3.63) is 100 Å². The predicted octanol–water partition coefficient (Wildman–Crippen LogP) is 5.21. The van der Waals surface area contributed by atoms with Crippen LogP contribution in [0, 0.1) is 0 Å². The van der Waals surface area contributed by atoms with E-state index in [0.29, 0.717) is 21.8 Å². The molecule has 3 heterocycles. The van der Waals surface area contributed by atoms with E-state index in [1.165, 1.54) is 21.8 Å². The first-order chi connectivity index (χ1) is 15.6. The molecule has 2 aromatic carbocycles. The Morgan fingerprint density at radius 3 is 2.72 bits per heavy atom. The minimum atomic E-state index is -0.672. The van der Waals surface area contributed by atoms with Crippen molar-refractivity contribution in [2.45, 2.75) is 19.9 Å². The number of hydrogen-bond donors (Lipinski definition) is 0. The summed E-state index contributed by atoms with van der Waals surface area (Å²) in [7, 11) is 0. The molecular formula is C25H19N3O3S. The molecule has 0 unspecified atom stereocenters. The molecule has 0 bridgehead atoms. The van der Waals surface area contributed by atoms with E-state index >= 15 is 0 Å². The fourth-order valence-electron chi connectivity index (χ4n) is 3.53. The van der Waals surface area contributed by atoms with Crippen LogP contribution in [-0.2, 0) is 13.0 Å². The lowest BCUT2D eigenvalue weighted by molar-refractivity contribution is 0.0981. The van der Waals surface area contributed by atoms with Crippen molar-refractivity contribution in [1.82, 2.24) is 9.97 Å². The van der Waals surface area contributed by atoms with Crippen LogP contribution in [0.3, 0.4) is 0 Å². The molecule has 1 amide bonds. The minimum absolute atomic E-state index is 0.0341. The Labute approximate surface area is 187 Å². The van der Waals surface area contributed by atoms with Gasteiger partial charge >= 0.3 is 5.63 Å². The van der Waals surface area contributed by atoms with E-state index in [9.17, 15) is 9.59 Å². The second-order valence-corrected chi connectivity index (χ2v) is 8.36. The monoisotopic (exact) mass is 441 g/mol. The number of benzene rings is 2. The van der Waals surface area contributed by atoms with Gasteiger partial charge in [0.15, 0.2) is 5.13 Å². The summed E-state index contributed by atoms with van der Waals surface area (Å²) in [5, 5.41) is 1.20. The maximum absolute atomic E-state index is 13.6. The molecule has 158 valence electrons. The molecule has 0 saturated heterocycles. The number of nitrogens with zero attached hydrogens (tertiary/aromatic N) is 3. The highest BCUT2D eigenvalue weighted by Gasteiger charge is 2.25. The first-order valence-corrected chi connectivity index (χ1v) is 11.1. The Hall–Kier alpha value is -3.84. The summed E-state index contributed by atoms with van der Waals surface area (Å²) in [5.41, 5.74) is 2.44. The highest BCUT2D eigenvalue weighted by Crippen LogP contribution is 2.31. The number of aromatic nitrogens is 2. The molecule has 7 heteroatoms. The van der Waals surface area contributed by atoms with Gasteiger partial charge in [-0.25, -0.2) is 9.78 Å². The van der Waals surface area contributed by atoms with Gasteiger partial charge in [0, 0.05) is 11.6 Å². The number of aryl methyl sites for hydroxylation is 1. The Morgan fingerprint density at radius 1 is 1.06 bits per heavy atom. The fourth-order valence-corrected chi connectivity index (χ4v) is 4.56. The van der Waals surface area contributed by atoms with Crippen molar-refractivity contribution < 1.29 is 9.21 Å². The zero-order chi connectivity index (χ0) is 22.1. The molecule has 0 spiro atoms. The predicted molar refractivity (Wildman–Crippen MR) is 126 cm³/mol. The fraction of sp³-hybridized carbons (Fsp3) is 0.120. The smallest absolute Gasteiger partial charge is 0.349 e. The van der Waals surface area contributed by atoms with Crippen molar-refractivity contribution in [1.29, 1.82) is 0 Å². The van der Waals surface area contributed by atoms with E-state index in [1.807, 2.05) is 42.5 Å². The Kier molecular flexibility index (Phi) is 5.25. The molecule has 0 radical (unpaired) electrons. The molecule has 0 atom stereocenters. The Morgan fingerprint density at radius 2 is 1.91 bits per heavy atom. The Bertz CT molecular complexity index is 1490. The minimum Gasteiger partial charge on any atom is -0.422 e. The highest BCUT2D eigenvalue weighted by molar-refractivity contribution is 7.22. The largest absolute Gasteiger partial charge is 0.422 e. The molecule has 5 aromatic rings. The van der Waals surface area contributed by atoms with Gasteiger partial charge < -0.3 is 4.42 Å². The summed E-state index contributed by atoms with van der Waals surface area (Å²) >= 11 is 1.42. The zero-order valence-electron chi connectivity index (χ0n) is 17.3. The maximum atomic E-state index is 13.6. The molecule has 0 aliphatic rings. The third kappa shape index (κ3) is 3.78. The normalized spacial score (nSPS) is 11.2. The first kappa shape index (κ1) is 20.1. The molecule has 32 heavy (non-hydrogen) atoms. The molecule has 0 saturated carbocycles. The van der Waals surface area contributed by atoms with Crippen LogP contribution < -0.4 is 10.5 Å². The second-order valence-electron chi connectivity index (χ2n) is 7.35. The van der Waals surface area contributed by atoms with Gasteiger partial charge in [-0.15, -0.1) is 0 Å². The quantitative estimate of drug-likeness (QED) is 0.350. The molecule has 0 fully saturated rings. The van der Waals surface area contributed by atoms with Crippen LogP contribution in [0.1, 0.15) is 28.5 Å². The lowest BCUT2D eigenvalue weighted by atomic mass is 10.1. The van der Waals surface area contributed by atoms with Crippen LogP contribution in [0.4, 0.5) is 5.13 Å². The summed E-state index contributed by atoms with van der Waals surface area (Å²) in [5.74, 6) is -0.468. The molecule has 5 rings (SSSR count). The number of thiazole rings is 1. The molecule has 0 aliphatic heterocycles. The zero-order valence-corrected chi connectivity index (χ0v) is 18.1. The van der Waals surface area contributed by atoms with E-state index in [1.54, 1.807) is 24.4 Å². The van der Waals surface area contributed by atoms with Crippen molar-refractivity contribution in [2.75, 3.05) is 4.90 Å². The lowest BCUT2D eigenvalue weighted by Gasteiger charge is -2.19. The van der Waals surface area contributed by atoms with Gasteiger partial charge in [-0.1, -0.05) is 48.6 Å². The Balaban J connectivity index is 1.62. The van der Waals surface area contributed by atoms with Crippen molar-refractivity contribution >= 4 is 43.6 Å². The number of hydrogen-bond acceptors (Lipinski definition) is 6. The van der Waals surface area contributed by atoms with Gasteiger partial charge in [-0.2, -0.15) is 0 Å². The van der Waals surface area contributed by atoms with Crippen LogP contribution in [0.5, 0.6) is 0 Å². The average Bonchev–Trinajstić information content (AvgIpc) is 3.25. The van der Waals surface area contributed by atoms with Crippen LogP contribution in [0.2, 0.25) is 0 Å². The number of fused-ring (bicyclic) bond motifs is 2. The summed E-state index contributed by atoms with van der Waals surface area (Å²) in [6, 6.07) is 20.3. The summed E-state index contributed by atoms with van der Waals surface area (Å²) in [4.78, 5) is 36.8. The van der Waals surface area contributed by atoms with Crippen LogP contribution >= 0.6 is 11.3 Å². The number of amides is 1. The SMILES string of the molecule is CCc1ccc2nc(N(Cc3ccccn3)C(=O)c3cc4ccccc4oc3=O)sc2c1. The molecule has 0 N–H and O–H groups in total. The average molecular weight is 442 g/mol. The highest BCUT2D eigenvalue weighted by atomic mass is 32.1. The summed E-state index contributed by atoms with van der Waals surface area (Å²) < 4.78 is 6.39.